The maximum absolute atomic E-state index is 13.6. The number of nitrogens with zero attached hydrogens (tertiary/aromatic N) is 3. The van der Waals surface area contributed by atoms with E-state index in [1.54, 1.807) is 0 Å². The van der Waals surface area contributed by atoms with E-state index >= 15 is 0 Å². The van der Waals surface area contributed by atoms with Gasteiger partial charge in [0.1, 0.15) is 6.04 Å². The Bertz CT molecular complexity index is 941. The second-order valence-electron chi connectivity index (χ2n) is 8.39. The Morgan fingerprint density at radius 1 is 1.13 bits per heavy atom. The first-order chi connectivity index (χ1) is 14.4. The molecule has 0 aliphatic carbocycles. The highest BCUT2D eigenvalue weighted by Crippen LogP contribution is 2.32. The zero-order valence-corrected chi connectivity index (χ0v) is 16.8. The van der Waals surface area contributed by atoms with Crippen molar-refractivity contribution in [2.75, 3.05) is 26.2 Å². The molecule has 0 saturated carbocycles. The van der Waals surface area contributed by atoms with Gasteiger partial charge in [-0.2, -0.15) is 5.26 Å². The van der Waals surface area contributed by atoms with Gasteiger partial charge in [-0.05, 0) is 42.0 Å². The fourth-order valence-corrected chi connectivity index (χ4v) is 4.54. The normalized spacial score (nSPS) is 23.4. The average molecular weight is 409 g/mol. The molecule has 4 rings (SSSR count). The van der Waals surface area contributed by atoms with Gasteiger partial charge >= 0.3 is 0 Å². The zero-order chi connectivity index (χ0) is 21.1. The van der Waals surface area contributed by atoms with Gasteiger partial charge < -0.3 is 4.90 Å². The lowest BCUT2D eigenvalue weighted by Gasteiger charge is -2.23. The quantitative estimate of drug-likeness (QED) is 0.751. The topological polar surface area (TPSA) is 47.3 Å². The van der Waals surface area contributed by atoms with Crippen LogP contribution in [0.3, 0.4) is 0 Å². The minimum atomic E-state index is -2.96. The Labute approximate surface area is 175 Å². The van der Waals surface area contributed by atoms with E-state index in [4.69, 9.17) is 5.26 Å². The van der Waals surface area contributed by atoms with Crippen molar-refractivity contribution < 1.29 is 13.6 Å². The largest absolute Gasteiger partial charge is 0.319 e. The number of amides is 1. The van der Waals surface area contributed by atoms with Crippen LogP contribution in [0.15, 0.2) is 54.6 Å². The summed E-state index contributed by atoms with van der Waals surface area (Å²) in [7, 11) is 0. The molecule has 0 aromatic heterocycles. The Morgan fingerprint density at radius 3 is 2.67 bits per heavy atom. The van der Waals surface area contributed by atoms with Crippen molar-refractivity contribution in [1.82, 2.24) is 9.80 Å². The first-order valence-electron chi connectivity index (χ1n) is 10.4. The summed E-state index contributed by atoms with van der Waals surface area (Å²) >= 11 is 0. The predicted octanol–water partition coefficient (Wildman–Crippen LogP) is 3.98. The van der Waals surface area contributed by atoms with E-state index in [2.05, 4.69) is 36.4 Å². The summed E-state index contributed by atoms with van der Waals surface area (Å²) in [5.41, 5.74) is 3.64. The number of halogens is 2. The maximum Gasteiger partial charge on any atom is 0.268 e. The molecule has 6 heteroatoms. The van der Waals surface area contributed by atoms with E-state index in [-0.39, 0.29) is 12.5 Å². The molecule has 2 aliphatic heterocycles. The molecule has 2 aromatic carbocycles. The summed E-state index contributed by atoms with van der Waals surface area (Å²) in [6.07, 6.45) is 1.34. The van der Waals surface area contributed by atoms with E-state index in [9.17, 15) is 13.6 Å². The number of carbonyl (C=O) groups excluding carboxylic acids is 1. The van der Waals surface area contributed by atoms with Gasteiger partial charge in [-0.3, -0.25) is 9.69 Å². The number of alkyl halides is 2. The highest BCUT2D eigenvalue weighted by Gasteiger charge is 2.47. The Morgan fingerprint density at radius 2 is 1.90 bits per heavy atom. The molecule has 156 valence electrons. The fraction of sp³-hybridized carbons (Fsp3) is 0.417. The van der Waals surface area contributed by atoms with Crippen molar-refractivity contribution in [3.63, 3.8) is 0 Å². The molecule has 1 amide bonds. The maximum atomic E-state index is 13.6. The van der Waals surface area contributed by atoms with E-state index < -0.39 is 24.9 Å². The third-order valence-corrected chi connectivity index (χ3v) is 6.03. The van der Waals surface area contributed by atoms with Gasteiger partial charge in [0, 0.05) is 13.0 Å². The molecule has 2 fully saturated rings. The monoisotopic (exact) mass is 409 g/mol. The number of nitriles is 1. The molecule has 2 aromatic rings. The molecule has 0 spiro atoms. The highest BCUT2D eigenvalue weighted by atomic mass is 19.3. The summed E-state index contributed by atoms with van der Waals surface area (Å²) < 4.78 is 27.2. The standard InChI is InChI=1S/C24H25F2N3O/c25-24(26)13-22(14-27)29(17-24)23(30)16-28-10-9-19(15-28)11-18-5-4-8-21(12-18)20-6-2-1-3-7-20/h1-8,12,19,22H,9-11,13,15-17H2/t19-,22+/m1/s1. The van der Waals surface area contributed by atoms with Gasteiger partial charge in [-0.25, -0.2) is 8.78 Å². The van der Waals surface area contributed by atoms with Gasteiger partial charge in [0.2, 0.25) is 5.91 Å². The highest BCUT2D eigenvalue weighted by molar-refractivity contribution is 5.79. The minimum absolute atomic E-state index is 0.106. The Kier molecular flexibility index (Phi) is 5.83. The summed E-state index contributed by atoms with van der Waals surface area (Å²) in [4.78, 5) is 15.6. The SMILES string of the molecule is N#C[C@@H]1CC(F)(F)CN1C(=O)CN1CC[C@H](Cc2cccc(-c3ccccc3)c2)C1. The smallest absolute Gasteiger partial charge is 0.268 e. The van der Waals surface area contributed by atoms with Crippen LogP contribution in [0.2, 0.25) is 0 Å². The Hall–Kier alpha value is -2.78. The molecule has 30 heavy (non-hydrogen) atoms. The lowest BCUT2D eigenvalue weighted by molar-refractivity contribution is -0.133. The molecule has 0 unspecified atom stereocenters. The van der Waals surface area contributed by atoms with E-state index in [0.29, 0.717) is 5.92 Å². The lowest BCUT2D eigenvalue weighted by atomic mass is 9.95. The number of likely N-dealkylation sites (tertiary alicyclic amines) is 2. The van der Waals surface area contributed by atoms with Crippen LogP contribution in [-0.4, -0.2) is 53.9 Å². The first kappa shape index (κ1) is 20.5. The van der Waals surface area contributed by atoms with Crippen LogP contribution in [0.5, 0.6) is 0 Å². The summed E-state index contributed by atoms with van der Waals surface area (Å²) in [5, 5.41) is 9.10. The lowest BCUT2D eigenvalue weighted by Crippen LogP contribution is -2.42. The fourth-order valence-electron chi connectivity index (χ4n) is 4.54. The third kappa shape index (κ3) is 4.68. The van der Waals surface area contributed by atoms with Crippen molar-refractivity contribution in [2.45, 2.75) is 31.2 Å². The minimum Gasteiger partial charge on any atom is -0.319 e. The second kappa shape index (κ2) is 8.53. The van der Waals surface area contributed by atoms with Crippen molar-refractivity contribution in [1.29, 1.82) is 5.26 Å². The molecule has 2 aliphatic rings. The molecule has 2 saturated heterocycles. The van der Waals surface area contributed by atoms with Crippen molar-refractivity contribution in [3.8, 4) is 17.2 Å². The second-order valence-corrected chi connectivity index (χ2v) is 8.39. The number of hydrogen-bond donors (Lipinski definition) is 0. The number of hydrogen-bond acceptors (Lipinski definition) is 3. The van der Waals surface area contributed by atoms with E-state index in [0.717, 1.165) is 30.8 Å². The molecule has 2 heterocycles. The van der Waals surface area contributed by atoms with Crippen LogP contribution in [0, 0.1) is 17.2 Å². The van der Waals surface area contributed by atoms with E-state index in [1.807, 2.05) is 29.2 Å². The van der Waals surface area contributed by atoms with Crippen molar-refractivity contribution in [3.05, 3.63) is 60.2 Å². The van der Waals surface area contributed by atoms with Crippen LogP contribution in [0.25, 0.3) is 11.1 Å². The van der Waals surface area contributed by atoms with Gasteiger partial charge in [0.05, 0.1) is 19.2 Å². The molecule has 4 nitrogen and oxygen atoms in total. The number of carbonyl (C=O) groups is 1. The van der Waals surface area contributed by atoms with Gasteiger partial charge in [-0.15, -0.1) is 0 Å². The van der Waals surface area contributed by atoms with Gasteiger partial charge in [0.15, 0.2) is 0 Å². The summed E-state index contributed by atoms with van der Waals surface area (Å²) in [5.74, 6) is -2.91. The van der Waals surface area contributed by atoms with Gasteiger partial charge in [0.25, 0.3) is 5.92 Å². The molecule has 2 atom stereocenters. The van der Waals surface area contributed by atoms with Gasteiger partial charge in [-0.1, -0.05) is 54.6 Å². The molecule has 0 bridgehead atoms. The van der Waals surface area contributed by atoms with E-state index in [1.165, 1.54) is 16.7 Å². The van der Waals surface area contributed by atoms with Crippen molar-refractivity contribution >= 4 is 5.91 Å². The number of benzene rings is 2. The zero-order valence-electron chi connectivity index (χ0n) is 16.8. The van der Waals surface area contributed by atoms with Crippen molar-refractivity contribution in [2.24, 2.45) is 5.92 Å². The molecular weight excluding hydrogens is 384 g/mol. The summed E-state index contributed by atoms with van der Waals surface area (Å²) in [6, 6.07) is 19.6. The van der Waals surface area contributed by atoms with Crippen LogP contribution < -0.4 is 0 Å². The average Bonchev–Trinajstić information content (AvgIpc) is 3.31. The summed E-state index contributed by atoms with van der Waals surface area (Å²) in [6.45, 7) is 1.00. The Balaban J connectivity index is 1.33. The predicted molar refractivity (Wildman–Crippen MR) is 111 cm³/mol. The first-order valence-corrected chi connectivity index (χ1v) is 10.4. The van der Waals surface area contributed by atoms with Crippen LogP contribution in [0.4, 0.5) is 8.78 Å². The molecule has 0 radical (unpaired) electrons. The number of rotatable bonds is 5. The van der Waals surface area contributed by atoms with Crippen LogP contribution in [-0.2, 0) is 11.2 Å². The molecule has 0 N–H and O–H groups in total. The molecular formula is C24H25F2N3O. The third-order valence-electron chi connectivity index (χ3n) is 6.03. The van der Waals surface area contributed by atoms with Crippen LogP contribution in [0.1, 0.15) is 18.4 Å². The van der Waals surface area contributed by atoms with Crippen LogP contribution >= 0.6 is 0 Å².